The predicted molar refractivity (Wildman–Crippen MR) is 43.1 cm³/mol. The molecule has 2 heteroatoms. The van der Waals surface area contributed by atoms with Gasteiger partial charge in [-0.2, -0.15) is 0 Å². The molecule has 0 aromatic carbocycles. The molecule has 11 heavy (non-hydrogen) atoms. The average Bonchev–Trinajstić information content (AvgIpc) is 2.39. The Kier molecular flexibility index (Phi) is 1.63. The lowest BCUT2D eigenvalue weighted by Crippen LogP contribution is -2.58. The molecule has 1 aliphatic carbocycles. The van der Waals surface area contributed by atoms with E-state index in [1.54, 1.807) is 0 Å². The maximum atomic E-state index is 11.1. The highest BCUT2D eigenvalue weighted by Gasteiger charge is 2.42. The molecule has 0 spiro atoms. The number of carbonyl (C=O) groups excluding carboxylic acids is 1. The molecular formula is C9H15NO. The van der Waals surface area contributed by atoms with Crippen molar-refractivity contribution in [1.29, 1.82) is 0 Å². The Bertz CT molecular complexity index is 172. The van der Waals surface area contributed by atoms with Gasteiger partial charge in [0.05, 0.1) is 5.92 Å². The Morgan fingerprint density at radius 1 is 1.36 bits per heavy atom. The summed E-state index contributed by atoms with van der Waals surface area (Å²) in [7, 11) is 0. The Labute approximate surface area is 67.4 Å². The summed E-state index contributed by atoms with van der Waals surface area (Å²) in [6.07, 6.45) is 5.23. The summed E-state index contributed by atoms with van der Waals surface area (Å²) >= 11 is 0. The van der Waals surface area contributed by atoms with E-state index < -0.39 is 0 Å². The normalized spacial score (nSPS) is 38.5. The minimum Gasteiger partial charge on any atom is -0.353 e. The Balaban J connectivity index is 1.97. The van der Waals surface area contributed by atoms with Crippen LogP contribution in [0.25, 0.3) is 0 Å². The number of rotatable bonds is 1. The number of hydrogen-bond acceptors (Lipinski definition) is 1. The standard InChI is InChI=1S/C9H15NO/c1-6-8(9(11)10-6)7-4-2-3-5-7/h6-8H,2-5H2,1H3,(H,10,11). The van der Waals surface area contributed by atoms with Crippen molar-refractivity contribution in [2.24, 2.45) is 11.8 Å². The number of nitrogens with one attached hydrogen (secondary N) is 1. The molecule has 2 atom stereocenters. The fraction of sp³-hybridized carbons (Fsp3) is 0.889. The second-order valence-corrected chi connectivity index (χ2v) is 3.87. The van der Waals surface area contributed by atoms with Gasteiger partial charge in [0.1, 0.15) is 0 Å². The van der Waals surface area contributed by atoms with Crippen LogP contribution >= 0.6 is 0 Å². The third-order valence-corrected chi connectivity index (χ3v) is 3.12. The zero-order chi connectivity index (χ0) is 7.84. The third kappa shape index (κ3) is 1.05. The van der Waals surface area contributed by atoms with Crippen LogP contribution in [-0.2, 0) is 4.79 Å². The lowest BCUT2D eigenvalue weighted by Gasteiger charge is -2.38. The molecule has 1 heterocycles. The third-order valence-electron chi connectivity index (χ3n) is 3.12. The van der Waals surface area contributed by atoms with Gasteiger partial charge >= 0.3 is 0 Å². The Morgan fingerprint density at radius 2 is 2.00 bits per heavy atom. The molecule has 2 fully saturated rings. The summed E-state index contributed by atoms with van der Waals surface area (Å²) in [5.41, 5.74) is 0. The van der Waals surface area contributed by atoms with Gasteiger partial charge in [0.25, 0.3) is 0 Å². The maximum Gasteiger partial charge on any atom is 0.225 e. The minimum absolute atomic E-state index is 0.296. The van der Waals surface area contributed by atoms with Gasteiger partial charge in [-0.25, -0.2) is 0 Å². The van der Waals surface area contributed by atoms with Crippen LogP contribution in [0.2, 0.25) is 0 Å². The van der Waals surface area contributed by atoms with E-state index in [2.05, 4.69) is 12.2 Å². The first-order valence-corrected chi connectivity index (χ1v) is 4.59. The summed E-state index contributed by atoms with van der Waals surface area (Å²) in [6.45, 7) is 2.12. The summed E-state index contributed by atoms with van der Waals surface area (Å²) < 4.78 is 0. The zero-order valence-electron chi connectivity index (χ0n) is 6.97. The van der Waals surface area contributed by atoms with Gasteiger partial charge in [-0.15, -0.1) is 0 Å². The predicted octanol–water partition coefficient (Wildman–Crippen LogP) is 1.31. The van der Waals surface area contributed by atoms with Crippen LogP contribution in [0.4, 0.5) is 0 Å². The highest BCUT2D eigenvalue weighted by molar-refractivity contribution is 5.85. The van der Waals surface area contributed by atoms with Crippen molar-refractivity contribution >= 4 is 5.91 Å². The van der Waals surface area contributed by atoms with Crippen molar-refractivity contribution in [3.63, 3.8) is 0 Å². The van der Waals surface area contributed by atoms with E-state index in [0.717, 1.165) is 0 Å². The number of hydrogen-bond donors (Lipinski definition) is 1. The molecule has 2 unspecified atom stereocenters. The lowest BCUT2D eigenvalue weighted by molar-refractivity contribution is -0.137. The van der Waals surface area contributed by atoms with E-state index in [-0.39, 0.29) is 0 Å². The summed E-state index contributed by atoms with van der Waals surface area (Å²) in [6, 6.07) is 0.450. The first kappa shape index (κ1) is 7.14. The molecule has 1 N–H and O–H groups in total. The fourth-order valence-corrected chi connectivity index (χ4v) is 2.48. The fourth-order valence-electron chi connectivity index (χ4n) is 2.48. The lowest BCUT2D eigenvalue weighted by atomic mass is 9.79. The van der Waals surface area contributed by atoms with Gasteiger partial charge in [0.15, 0.2) is 0 Å². The number of β-lactam (4-membered cyclic amide) rings is 1. The first-order chi connectivity index (χ1) is 5.29. The van der Waals surface area contributed by atoms with Crippen molar-refractivity contribution in [2.75, 3.05) is 0 Å². The molecule has 2 aliphatic rings. The van der Waals surface area contributed by atoms with Gasteiger partial charge in [-0.3, -0.25) is 4.79 Å². The molecule has 62 valence electrons. The van der Waals surface area contributed by atoms with Crippen molar-refractivity contribution in [2.45, 2.75) is 38.6 Å². The molecular weight excluding hydrogens is 138 g/mol. The average molecular weight is 153 g/mol. The van der Waals surface area contributed by atoms with Gasteiger partial charge in [-0.05, 0) is 25.7 Å². The van der Waals surface area contributed by atoms with Gasteiger partial charge in [0, 0.05) is 6.04 Å². The van der Waals surface area contributed by atoms with Crippen molar-refractivity contribution in [1.82, 2.24) is 5.32 Å². The van der Waals surface area contributed by atoms with Crippen LogP contribution in [-0.4, -0.2) is 11.9 Å². The first-order valence-electron chi connectivity index (χ1n) is 4.59. The Morgan fingerprint density at radius 3 is 2.45 bits per heavy atom. The molecule has 2 rings (SSSR count). The molecule has 0 bridgehead atoms. The summed E-state index contributed by atoms with van der Waals surface area (Å²) in [5, 5.41) is 2.89. The second kappa shape index (κ2) is 2.50. The van der Waals surface area contributed by atoms with E-state index in [1.165, 1.54) is 25.7 Å². The van der Waals surface area contributed by atoms with Crippen LogP contribution in [0.15, 0.2) is 0 Å². The van der Waals surface area contributed by atoms with Gasteiger partial charge < -0.3 is 5.32 Å². The van der Waals surface area contributed by atoms with Gasteiger partial charge in [0.2, 0.25) is 5.91 Å². The van der Waals surface area contributed by atoms with E-state index in [1.807, 2.05) is 0 Å². The molecule has 1 saturated heterocycles. The summed E-state index contributed by atoms with van der Waals surface area (Å²) in [5.74, 6) is 1.36. The van der Waals surface area contributed by atoms with Crippen LogP contribution in [0.3, 0.4) is 0 Å². The number of amides is 1. The molecule has 1 amide bonds. The highest BCUT2D eigenvalue weighted by Crippen LogP contribution is 2.36. The quantitative estimate of drug-likeness (QED) is 0.565. The van der Waals surface area contributed by atoms with Crippen LogP contribution < -0.4 is 5.32 Å². The topological polar surface area (TPSA) is 29.1 Å². The monoisotopic (exact) mass is 153 g/mol. The SMILES string of the molecule is CC1NC(=O)C1C1CCCC1. The van der Waals surface area contributed by atoms with Crippen molar-refractivity contribution in [3.05, 3.63) is 0 Å². The zero-order valence-corrected chi connectivity index (χ0v) is 6.97. The van der Waals surface area contributed by atoms with Crippen molar-refractivity contribution < 1.29 is 4.79 Å². The summed E-state index contributed by atoms with van der Waals surface area (Å²) in [4.78, 5) is 11.1. The van der Waals surface area contributed by atoms with Crippen LogP contribution in [0, 0.1) is 11.8 Å². The molecule has 0 aromatic rings. The van der Waals surface area contributed by atoms with Crippen molar-refractivity contribution in [3.8, 4) is 0 Å². The Hall–Kier alpha value is -0.530. The smallest absolute Gasteiger partial charge is 0.225 e. The van der Waals surface area contributed by atoms with E-state index in [4.69, 9.17) is 0 Å². The molecule has 0 radical (unpaired) electrons. The minimum atomic E-state index is 0.296. The van der Waals surface area contributed by atoms with Gasteiger partial charge in [-0.1, -0.05) is 12.8 Å². The maximum absolute atomic E-state index is 11.1. The largest absolute Gasteiger partial charge is 0.353 e. The van der Waals surface area contributed by atoms with Crippen LogP contribution in [0.5, 0.6) is 0 Å². The van der Waals surface area contributed by atoms with E-state index in [9.17, 15) is 4.79 Å². The molecule has 2 nitrogen and oxygen atoms in total. The van der Waals surface area contributed by atoms with Crippen LogP contribution in [0.1, 0.15) is 32.6 Å². The highest BCUT2D eigenvalue weighted by atomic mass is 16.2. The number of carbonyl (C=O) groups is 1. The molecule has 1 aliphatic heterocycles. The molecule has 1 saturated carbocycles. The molecule has 0 aromatic heterocycles. The van der Waals surface area contributed by atoms with E-state index >= 15 is 0 Å². The van der Waals surface area contributed by atoms with E-state index in [0.29, 0.717) is 23.8 Å². The second-order valence-electron chi connectivity index (χ2n) is 3.87.